The van der Waals surface area contributed by atoms with Crippen molar-refractivity contribution >= 4 is 11.8 Å². The van der Waals surface area contributed by atoms with Gasteiger partial charge < -0.3 is 10.1 Å². The van der Waals surface area contributed by atoms with Crippen LogP contribution in [0.25, 0.3) is 0 Å². The van der Waals surface area contributed by atoms with Crippen molar-refractivity contribution in [3.63, 3.8) is 0 Å². The largest absolute Gasteiger partial charge is 0.468 e. The van der Waals surface area contributed by atoms with Crippen LogP contribution < -0.4 is 5.32 Å². The first kappa shape index (κ1) is 9.65. The Bertz CT molecular complexity index is 264. The van der Waals surface area contributed by atoms with E-state index in [1.165, 1.54) is 7.11 Å². The summed E-state index contributed by atoms with van der Waals surface area (Å²) in [5.41, 5.74) is 0. The van der Waals surface area contributed by atoms with E-state index < -0.39 is 0 Å². The Kier molecular flexibility index (Phi) is 2.54. The van der Waals surface area contributed by atoms with Crippen molar-refractivity contribution in [2.75, 3.05) is 7.11 Å². The number of hydrogen-bond acceptors (Lipinski definition) is 4. The fourth-order valence-corrected chi connectivity index (χ4v) is 2.49. The molecule has 4 heteroatoms. The van der Waals surface area contributed by atoms with Crippen LogP contribution in [0.5, 0.6) is 0 Å². The highest BCUT2D eigenvalue weighted by molar-refractivity contribution is 5.85. The minimum atomic E-state index is -0.267. The molecule has 14 heavy (non-hydrogen) atoms. The zero-order valence-corrected chi connectivity index (χ0v) is 8.29. The van der Waals surface area contributed by atoms with Crippen LogP contribution in [-0.2, 0) is 14.3 Å². The van der Waals surface area contributed by atoms with E-state index in [-0.39, 0.29) is 24.0 Å². The van der Waals surface area contributed by atoms with Gasteiger partial charge in [-0.25, -0.2) is 0 Å². The SMILES string of the molecule is COC(=O)[C@@H]1CC2C(=O)CCCC2N1. The average molecular weight is 197 g/mol. The lowest BCUT2D eigenvalue weighted by molar-refractivity contribution is -0.142. The van der Waals surface area contributed by atoms with E-state index >= 15 is 0 Å². The Hall–Kier alpha value is -0.900. The van der Waals surface area contributed by atoms with E-state index in [0.29, 0.717) is 18.6 Å². The summed E-state index contributed by atoms with van der Waals surface area (Å²) in [7, 11) is 1.38. The number of carbonyl (C=O) groups excluding carboxylic acids is 2. The zero-order valence-electron chi connectivity index (χ0n) is 8.29. The lowest BCUT2D eigenvalue weighted by Gasteiger charge is -2.22. The van der Waals surface area contributed by atoms with Crippen LogP contribution in [0, 0.1) is 5.92 Å². The number of ether oxygens (including phenoxy) is 1. The molecule has 1 saturated heterocycles. The summed E-state index contributed by atoms with van der Waals surface area (Å²) in [6, 6.07) is -0.0580. The smallest absolute Gasteiger partial charge is 0.322 e. The molecule has 4 nitrogen and oxygen atoms in total. The molecule has 1 saturated carbocycles. The molecular formula is C10H15NO3. The highest BCUT2D eigenvalue weighted by Gasteiger charge is 2.42. The monoisotopic (exact) mass is 197 g/mol. The molecule has 3 atom stereocenters. The van der Waals surface area contributed by atoms with E-state index in [0.717, 1.165) is 12.8 Å². The Morgan fingerprint density at radius 2 is 2.36 bits per heavy atom. The molecule has 0 aromatic rings. The Labute approximate surface area is 83.0 Å². The van der Waals surface area contributed by atoms with Gasteiger partial charge in [0, 0.05) is 18.4 Å². The van der Waals surface area contributed by atoms with Gasteiger partial charge in [0.2, 0.25) is 0 Å². The number of carbonyl (C=O) groups is 2. The molecule has 0 radical (unpaired) electrons. The molecule has 1 aliphatic carbocycles. The number of rotatable bonds is 1. The molecule has 2 fully saturated rings. The number of esters is 1. The van der Waals surface area contributed by atoms with Crippen LogP contribution in [0.4, 0.5) is 0 Å². The lowest BCUT2D eigenvalue weighted by atomic mass is 9.84. The van der Waals surface area contributed by atoms with E-state index in [2.05, 4.69) is 10.1 Å². The Morgan fingerprint density at radius 3 is 3.00 bits per heavy atom. The van der Waals surface area contributed by atoms with Crippen molar-refractivity contribution in [1.82, 2.24) is 5.32 Å². The molecule has 0 amide bonds. The van der Waals surface area contributed by atoms with E-state index in [1.807, 2.05) is 0 Å². The van der Waals surface area contributed by atoms with Crippen molar-refractivity contribution in [3.05, 3.63) is 0 Å². The Balaban J connectivity index is 2.04. The van der Waals surface area contributed by atoms with Crippen molar-refractivity contribution in [1.29, 1.82) is 0 Å². The van der Waals surface area contributed by atoms with Gasteiger partial charge in [0.1, 0.15) is 11.8 Å². The predicted molar refractivity (Wildman–Crippen MR) is 49.7 cm³/mol. The molecule has 1 N–H and O–H groups in total. The average Bonchev–Trinajstić information content (AvgIpc) is 2.62. The quantitative estimate of drug-likeness (QED) is 0.613. The highest BCUT2D eigenvalue weighted by atomic mass is 16.5. The second kappa shape index (κ2) is 3.69. The third-order valence-corrected chi connectivity index (χ3v) is 3.23. The minimum Gasteiger partial charge on any atom is -0.468 e. The molecule has 2 aliphatic rings. The molecule has 0 aromatic heterocycles. The maximum atomic E-state index is 11.5. The second-order valence-electron chi connectivity index (χ2n) is 4.05. The van der Waals surface area contributed by atoms with Crippen LogP contribution in [0.2, 0.25) is 0 Å². The van der Waals surface area contributed by atoms with Crippen molar-refractivity contribution in [2.24, 2.45) is 5.92 Å². The normalized spacial score (nSPS) is 36.6. The zero-order chi connectivity index (χ0) is 10.1. The first-order valence-electron chi connectivity index (χ1n) is 5.09. The molecule has 1 aliphatic heterocycles. The summed E-state index contributed by atoms with van der Waals surface area (Å²) < 4.78 is 4.66. The first-order valence-corrected chi connectivity index (χ1v) is 5.09. The van der Waals surface area contributed by atoms with Crippen LogP contribution >= 0.6 is 0 Å². The summed E-state index contributed by atoms with van der Waals surface area (Å²) in [6.45, 7) is 0. The number of ketones is 1. The van der Waals surface area contributed by atoms with Gasteiger partial charge in [0.15, 0.2) is 0 Å². The number of hydrogen-bond donors (Lipinski definition) is 1. The molecule has 0 bridgehead atoms. The maximum Gasteiger partial charge on any atom is 0.322 e. The molecule has 0 aromatic carbocycles. The predicted octanol–water partition coefficient (Wildman–Crippen LogP) is 0.259. The van der Waals surface area contributed by atoms with Crippen LogP contribution in [-0.4, -0.2) is 30.9 Å². The molecule has 0 spiro atoms. The van der Waals surface area contributed by atoms with Crippen molar-refractivity contribution in [2.45, 2.75) is 37.8 Å². The van der Waals surface area contributed by atoms with Crippen molar-refractivity contribution < 1.29 is 14.3 Å². The van der Waals surface area contributed by atoms with Crippen molar-refractivity contribution in [3.8, 4) is 0 Å². The van der Waals surface area contributed by atoms with Crippen LogP contribution in [0.15, 0.2) is 0 Å². The number of methoxy groups -OCH3 is 1. The maximum absolute atomic E-state index is 11.5. The third kappa shape index (κ3) is 1.54. The van der Waals surface area contributed by atoms with Gasteiger partial charge in [-0.1, -0.05) is 0 Å². The summed E-state index contributed by atoms with van der Waals surface area (Å²) in [5, 5.41) is 3.18. The second-order valence-corrected chi connectivity index (χ2v) is 4.05. The van der Waals surface area contributed by atoms with Gasteiger partial charge in [-0.3, -0.25) is 9.59 Å². The van der Waals surface area contributed by atoms with Crippen LogP contribution in [0.3, 0.4) is 0 Å². The van der Waals surface area contributed by atoms with Gasteiger partial charge >= 0.3 is 5.97 Å². The number of nitrogens with one attached hydrogen (secondary N) is 1. The van der Waals surface area contributed by atoms with Gasteiger partial charge in [-0.2, -0.15) is 0 Å². The van der Waals surface area contributed by atoms with E-state index in [1.54, 1.807) is 0 Å². The van der Waals surface area contributed by atoms with Crippen LogP contribution in [0.1, 0.15) is 25.7 Å². The molecular weight excluding hydrogens is 182 g/mol. The highest BCUT2D eigenvalue weighted by Crippen LogP contribution is 2.31. The fourth-order valence-electron chi connectivity index (χ4n) is 2.49. The fraction of sp³-hybridized carbons (Fsp3) is 0.800. The minimum absolute atomic E-state index is 0.0489. The van der Waals surface area contributed by atoms with Gasteiger partial charge in [-0.05, 0) is 19.3 Å². The van der Waals surface area contributed by atoms with Gasteiger partial charge in [-0.15, -0.1) is 0 Å². The molecule has 78 valence electrons. The van der Waals surface area contributed by atoms with E-state index in [9.17, 15) is 9.59 Å². The summed E-state index contributed by atoms with van der Waals surface area (Å²) in [5.74, 6) is 0.111. The Morgan fingerprint density at radius 1 is 1.57 bits per heavy atom. The van der Waals surface area contributed by atoms with Gasteiger partial charge in [0.25, 0.3) is 0 Å². The topological polar surface area (TPSA) is 55.4 Å². The standard InChI is InChI=1S/C10H15NO3/c1-14-10(13)8-5-6-7(11-8)3-2-4-9(6)12/h6-8,11H,2-5H2,1H3/t6?,7?,8-/m0/s1. The number of fused-ring (bicyclic) bond motifs is 1. The van der Waals surface area contributed by atoms with Gasteiger partial charge in [0.05, 0.1) is 7.11 Å². The molecule has 1 heterocycles. The molecule has 2 unspecified atom stereocenters. The lowest BCUT2D eigenvalue weighted by Crippen LogP contribution is -2.39. The summed E-state index contributed by atoms with van der Waals surface area (Å²) in [6.07, 6.45) is 3.25. The third-order valence-electron chi connectivity index (χ3n) is 3.23. The summed E-state index contributed by atoms with van der Waals surface area (Å²) >= 11 is 0. The van der Waals surface area contributed by atoms with E-state index in [4.69, 9.17) is 0 Å². The number of Topliss-reactive ketones (excluding diaryl/α,β-unsaturated/α-hetero) is 1. The summed E-state index contributed by atoms with van der Waals surface area (Å²) in [4.78, 5) is 22.8. The first-order chi connectivity index (χ1) is 6.72. The molecule has 2 rings (SSSR count).